The minimum Gasteiger partial charge on any atom is -0.379 e. The number of fused-ring (bicyclic) bond motifs is 1. The molecule has 0 amide bonds. The van der Waals surface area contributed by atoms with E-state index in [-0.39, 0.29) is 0 Å². The Labute approximate surface area is 137 Å². The van der Waals surface area contributed by atoms with Crippen LogP contribution in [0.25, 0.3) is 11.2 Å². The molecule has 124 valence electrons. The average molecular weight is 314 g/mol. The van der Waals surface area contributed by atoms with Gasteiger partial charge in [-0.1, -0.05) is 13.3 Å². The lowest BCUT2D eigenvalue weighted by atomic mass is 9.99. The molecule has 5 heteroatoms. The van der Waals surface area contributed by atoms with E-state index in [1.807, 2.05) is 12.3 Å². The Kier molecular flexibility index (Phi) is 4.31. The third-order valence-electron chi connectivity index (χ3n) is 5.37. The standard InChI is InChI=1S/C18H26N4O/c1-2-21-10-4-3-6-14(21)12-17-20-16-7-5-9-19-18(16)22(17)15-8-11-23-13-15/h5,7,9,14-15H,2-4,6,8,10-13H2,1H3. The predicted octanol–water partition coefficient (Wildman–Crippen LogP) is 2.81. The van der Waals surface area contributed by atoms with E-state index in [1.54, 1.807) is 0 Å². The van der Waals surface area contributed by atoms with E-state index in [4.69, 9.17) is 9.72 Å². The summed E-state index contributed by atoms with van der Waals surface area (Å²) in [5.74, 6) is 1.19. The van der Waals surface area contributed by atoms with Crippen molar-refractivity contribution in [2.45, 2.75) is 51.1 Å². The van der Waals surface area contributed by atoms with E-state index in [0.29, 0.717) is 12.1 Å². The quantitative estimate of drug-likeness (QED) is 0.870. The fraction of sp³-hybridized carbons (Fsp3) is 0.667. The van der Waals surface area contributed by atoms with Crippen molar-refractivity contribution >= 4 is 11.2 Å². The first kappa shape index (κ1) is 15.1. The molecule has 0 N–H and O–H groups in total. The van der Waals surface area contributed by atoms with Gasteiger partial charge in [-0.25, -0.2) is 9.97 Å². The number of hydrogen-bond donors (Lipinski definition) is 0. The molecule has 2 unspecified atom stereocenters. The Bertz CT molecular complexity index is 662. The lowest BCUT2D eigenvalue weighted by molar-refractivity contribution is 0.151. The number of likely N-dealkylation sites (tertiary alicyclic amines) is 1. The smallest absolute Gasteiger partial charge is 0.160 e. The van der Waals surface area contributed by atoms with Crippen LogP contribution in [0.15, 0.2) is 18.3 Å². The van der Waals surface area contributed by atoms with Crippen molar-refractivity contribution in [1.29, 1.82) is 0 Å². The van der Waals surface area contributed by atoms with Gasteiger partial charge in [-0.15, -0.1) is 0 Å². The Morgan fingerprint density at radius 1 is 1.30 bits per heavy atom. The van der Waals surface area contributed by atoms with Crippen LogP contribution >= 0.6 is 0 Å². The monoisotopic (exact) mass is 314 g/mol. The summed E-state index contributed by atoms with van der Waals surface area (Å²) in [5, 5.41) is 0. The first-order valence-electron chi connectivity index (χ1n) is 9.00. The molecule has 0 radical (unpaired) electrons. The summed E-state index contributed by atoms with van der Waals surface area (Å²) >= 11 is 0. The van der Waals surface area contributed by atoms with E-state index >= 15 is 0 Å². The Morgan fingerprint density at radius 3 is 3.09 bits per heavy atom. The summed E-state index contributed by atoms with van der Waals surface area (Å²) in [6.07, 6.45) is 7.92. The Hall–Kier alpha value is -1.46. The van der Waals surface area contributed by atoms with Crippen LogP contribution in [0.2, 0.25) is 0 Å². The molecule has 0 bridgehead atoms. The van der Waals surface area contributed by atoms with Gasteiger partial charge in [-0.2, -0.15) is 0 Å². The van der Waals surface area contributed by atoms with Gasteiger partial charge in [0, 0.05) is 25.3 Å². The molecule has 4 rings (SSSR count). The lowest BCUT2D eigenvalue weighted by Crippen LogP contribution is -2.41. The fourth-order valence-corrected chi connectivity index (χ4v) is 4.15. The highest BCUT2D eigenvalue weighted by Gasteiger charge is 2.28. The molecule has 4 heterocycles. The summed E-state index contributed by atoms with van der Waals surface area (Å²) in [7, 11) is 0. The maximum absolute atomic E-state index is 5.63. The average Bonchev–Trinajstić information content (AvgIpc) is 3.22. The molecule has 0 spiro atoms. The van der Waals surface area contributed by atoms with E-state index in [0.717, 1.165) is 43.8 Å². The fourth-order valence-electron chi connectivity index (χ4n) is 4.15. The highest BCUT2D eigenvalue weighted by molar-refractivity contribution is 5.71. The maximum atomic E-state index is 5.63. The van der Waals surface area contributed by atoms with Crippen molar-refractivity contribution in [3.05, 3.63) is 24.2 Å². The number of ether oxygens (including phenoxy) is 1. The summed E-state index contributed by atoms with van der Waals surface area (Å²) in [5.41, 5.74) is 2.05. The minimum atomic E-state index is 0.392. The van der Waals surface area contributed by atoms with Gasteiger partial charge >= 0.3 is 0 Å². The second kappa shape index (κ2) is 6.57. The number of nitrogens with zero attached hydrogens (tertiary/aromatic N) is 4. The van der Waals surface area contributed by atoms with Gasteiger partial charge in [0.15, 0.2) is 5.65 Å². The van der Waals surface area contributed by atoms with Crippen LogP contribution in [-0.2, 0) is 11.2 Å². The highest BCUT2D eigenvalue weighted by atomic mass is 16.5. The summed E-state index contributed by atoms with van der Waals surface area (Å²) < 4.78 is 8.00. The number of pyridine rings is 1. The summed E-state index contributed by atoms with van der Waals surface area (Å²) in [6.45, 7) is 6.27. The van der Waals surface area contributed by atoms with E-state index in [1.165, 1.54) is 31.6 Å². The van der Waals surface area contributed by atoms with Crippen LogP contribution in [0.3, 0.4) is 0 Å². The molecular weight excluding hydrogens is 288 g/mol. The zero-order chi connectivity index (χ0) is 15.6. The molecule has 2 aliphatic heterocycles. The molecule has 23 heavy (non-hydrogen) atoms. The predicted molar refractivity (Wildman–Crippen MR) is 90.6 cm³/mol. The number of imidazole rings is 1. The van der Waals surface area contributed by atoms with Gasteiger partial charge in [-0.05, 0) is 44.5 Å². The van der Waals surface area contributed by atoms with Gasteiger partial charge in [0.2, 0.25) is 0 Å². The van der Waals surface area contributed by atoms with Crippen LogP contribution in [0.1, 0.15) is 44.5 Å². The number of piperidine rings is 1. The molecule has 2 aliphatic rings. The number of aromatic nitrogens is 3. The third-order valence-corrected chi connectivity index (χ3v) is 5.37. The second-order valence-corrected chi connectivity index (χ2v) is 6.74. The minimum absolute atomic E-state index is 0.392. The Balaban J connectivity index is 1.69. The normalized spacial score (nSPS) is 26.1. The van der Waals surface area contributed by atoms with Gasteiger partial charge in [0.25, 0.3) is 0 Å². The van der Waals surface area contributed by atoms with Gasteiger partial charge in [0.1, 0.15) is 11.3 Å². The zero-order valence-electron chi connectivity index (χ0n) is 13.9. The van der Waals surface area contributed by atoms with Crippen molar-refractivity contribution in [2.75, 3.05) is 26.3 Å². The molecule has 0 aliphatic carbocycles. The number of hydrogen-bond acceptors (Lipinski definition) is 4. The van der Waals surface area contributed by atoms with Crippen LogP contribution < -0.4 is 0 Å². The highest BCUT2D eigenvalue weighted by Crippen LogP contribution is 2.28. The van der Waals surface area contributed by atoms with E-state index < -0.39 is 0 Å². The van der Waals surface area contributed by atoms with E-state index in [2.05, 4.69) is 27.4 Å². The van der Waals surface area contributed by atoms with Crippen LogP contribution in [0.5, 0.6) is 0 Å². The molecule has 2 atom stereocenters. The lowest BCUT2D eigenvalue weighted by Gasteiger charge is -2.35. The van der Waals surface area contributed by atoms with Crippen molar-refractivity contribution < 1.29 is 4.74 Å². The molecule has 2 saturated heterocycles. The van der Waals surface area contributed by atoms with Crippen LogP contribution in [0.4, 0.5) is 0 Å². The first-order chi connectivity index (χ1) is 11.4. The van der Waals surface area contributed by atoms with Crippen molar-refractivity contribution in [1.82, 2.24) is 19.4 Å². The van der Waals surface area contributed by atoms with Crippen molar-refractivity contribution in [2.24, 2.45) is 0 Å². The topological polar surface area (TPSA) is 43.2 Å². The van der Waals surface area contributed by atoms with Gasteiger partial charge < -0.3 is 14.2 Å². The van der Waals surface area contributed by atoms with Gasteiger partial charge in [-0.3, -0.25) is 0 Å². The molecular formula is C18H26N4O. The first-order valence-corrected chi connectivity index (χ1v) is 9.00. The van der Waals surface area contributed by atoms with Crippen molar-refractivity contribution in [3.63, 3.8) is 0 Å². The summed E-state index contributed by atoms with van der Waals surface area (Å²) in [4.78, 5) is 12.2. The molecule has 2 fully saturated rings. The molecule has 0 saturated carbocycles. The van der Waals surface area contributed by atoms with Crippen molar-refractivity contribution in [3.8, 4) is 0 Å². The molecule has 5 nitrogen and oxygen atoms in total. The van der Waals surface area contributed by atoms with Gasteiger partial charge in [0.05, 0.1) is 12.6 Å². The largest absolute Gasteiger partial charge is 0.379 e. The second-order valence-electron chi connectivity index (χ2n) is 6.74. The molecule has 2 aromatic heterocycles. The van der Waals surface area contributed by atoms with E-state index in [9.17, 15) is 0 Å². The Morgan fingerprint density at radius 2 is 2.26 bits per heavy atom. The maximum Gasteiger partial charge on any atom is 0.160 e. The molecule has 0 aromatic carbocycles. The third kappa shape index (κ3) is 2.88. The number of likely N-dealkylation sites (N-methyl/N-ethyl adjacent to an activating group) is 1. The zero-order valence-corrected chi connectivity index (χ0v) is 13.9. The summed E-state index contributed by atoms with van der Waals surface area (Å²) in [6, 6.07) is 5.07. The van der Waals surface area contributed by atoms with Crippen LogP contribution in [0, 0.1) is 0 Å². The SMILES string of the molecule is CCN1CCCCC1Cc1nc2cccnc2n1C1CCOC1. The van der Waals surface area contributed by atoms with Crippen LogP contribution in [-0.4, -0.2) is 51.8 Å². The number of rotatable bonds is 4. The molecule has 2 aromatic rings.